The van der Waals surface area contributed by atoms with Crippen LogP contribution in [0.2, 0.25) is 0 Å². The maximum Gasteiger partial charge on any atom is 0.123 e. The molecule has 1 atom stereocenters. The van der Waals surface area contributed by atoms with Crippen LogP contribution in [0.3, 0.4) is 0 Å². The van der Waals surface area contributed by atoms with E-state index in [1.807, 2.05) is 6.07 Å². The first-order valence-electron chi connectivity index (χ1n) is 4.61. The summed E-state index contributed by atoms with van der Waals surface area (Å²) in [5.41, 5.74) is 2.33. The van der Waals surface area contributed by atoms with Gasteiger partial charge in [-0.25, -0.2) is 4.39 Å². The van der Waals surface area contributed by atoms with Gasteiger partial charge in [0.1, 0.15) is 5.82 Å². The molecule has 1 aromatic carbocycles. The van der Waals surface area contributed by atoms with Crippen molar-refractivity contribution >= 4 is 12.6 Å². The molecule has 1 aromatic rings. The first-order chi connectivity index (χ1) is 6.09. The second-order valence-corrected chi connectivity index (χ2v) is 4.92. The highest BCUT2D eigenvalue weighted by atomic mass is 32.1. The van der Waals surface area contributed by atoms with E-state index >= 15 is 0 Å². The summed E-state index contributed by atoms with van der Waals surface area (Å²) in [4.78, 5) is 0. The van der Waals surface area contributed by atoms with E-state index in [1.165, 1.54) is 11.6 Å². The largest absolute Gasteiger partial charge is 0.207 e. The van der Waals surface area contributed by atoms with Crippen LogP contribution in [-0.4, -0.2) is 0 Å². The van der Waals surface area contributed by atoms with Gasteiger partial charge in [0.15, 0.2) is 0 Å². The molecule has 1 aliphatic rings. The minimum atomic E-state index is -0.134. The fourth-order valence-electron chi connectivity index (χ4n) is 2.05. The first-order valence-corrected chi connectivity index (χ1v) is 5.05. The Morgan fingerprint density at radius 3 is 3.00 bits per heavy atom. The number of aryl methyl sites for hydroxylation is 1. The van der Waals surface area contributed by atoms with Gasteiger partial charge >= 0.3 is 0 Å². The highest BCUT2D eigenvalue weighted by Gasteiger charge is 2.28. The van der Waals surface area contributed by atoms with Crippen LogP contribution in [0.4, 0.5) is 4.39 Å². The van der Waals surface area contributed by atoms with Gasteiger partial charge in [-0.3, -0.25) is 0 Å². The molecule has 13 heavy (non-hydrogen) atoms. The molecule has 2 rings (SSSR count). The van der Waals surface area contributed by atoms with Crippen molar-refractivity contribution < 1.29 is 4.39 Å². The first kappa shape index (κ1) is 9.07. The van der Waals surface area contributed by atoms with Gasteiger partial charge < -0.3 is 0 Å². The van der Waals surface area contributed by atoms with Crippen molar-refractivity contribution in [3.63, 3.8) is 0 Å². The standard InChI is InChI=1S/C11H13FS/c1-11(13)6-2-3-8-7-9(12)4-5-10(8)11/h4-5,7,13H,2-3,6H2,1H3. The zero-order valence-electron chi connectivity index (χ0n) is 7.68. The molecule has 0 saturated carbocycles. The Labute approximate surface area is 83.6 Å². The average molecular weight is 196 g/mol. The summed E-state index contributed by atoms with van der Waals surface area (Å²) >= 11 is 4.61. The van der Waals surface area contributed by atoms with Gasteiger partial charge in [0, 0.05) is 4.75 Å². The van der Waals surface area contributed by atoms with Crippen LogP contribution in [0.25, 0.3) is 0 Å². The van der Waals surface area contributed by atoms with E-state index in [-0.39, 0.29) is 10.6 Å². The lowest BCUT2D eigenvalue weighted by atomic mass is 9.83. The lowest BCUT2D eigenvalue weighted by Crippen LogP contribution is -2.21. The molecule has 0 bridgehead atoms. The van der Waals surface area contributed by atoms with Gasteiger partial charge in [0.2, 0.25) is 0 Å². The van der Waals surface area contributed by atoms with Crippen LogP contribution < -0.4 is 0 Å². The van der Waals surface area contributed by atoms with Crippen molar-refractivity contribution in [3.8, 4) is 0 Å². The summed E-state index contributed by atoms with van der Waals surface area (Å²) in [6.45, 7) is 2.10. The molecule has 0 saturated heterocycles. The van der Waals surface area contributed by atoms with Crippen LogP contribution >= 0.6 is 12.6 Å². The van der Waals surface area contributed by atoms with Gasteiger partial charge in [-0.1, -0.05) is 6.07 Å². The summed E-state index contributed by atoms with van der Waals surface area (Å²) in [5.74, 6) is -0.134. The van der Waals surface area contributed by atoms with Crippen molar-refractivity contribution in [2.24, 2.45) is 0 Å². The number of hydrogen-bond acceptors (Lipinski definition) is 1. The summed E-state index contributed by atoms with van der Waals surface area (Å²) < 4.78 is 12.9. The van der Waals surface area contributed by atoms with E-state index in [1.54, 1.807) is 6.07 Å². The Kier molecular flexibility index (Phi) is 2.11. The minimum absolute atomic E-state index is 0.0682. The number of rotatable bonds is 0. The number of thiol groups is 1. The summed E-state index contributed by atoms with van der Waals surface area (Å²) in [5, 5.41) is 0. The number of fused-ring (bicyclic) bond motifs is 1. The van der Waals surface area contributed by atoms with Gasteiger partial charge in [0.25, 0.3) is 0 Å². The number of benzene rings is 1. The van der Waals surface area contributed by atoms with Crippen molar-refractivity contribution in [3.05, 3.63) is 35.1 Å². The van der Waals surface area contributed by atoms with Gasteiger partial charge in [-0.2, -0.15) is 12.6 Å². The summed E-state index contributed by atoms with van der Waals surface area (Å²) in [6.07, 6.45) is 3.18. The molecule has 0 nitrogen and oxygen atoms in total. The van der Waals surface area contributed by atoms with Crippen LogP contribution in [0, 0.1) is 5.82 Å². The molecule has 0 aliphatic heterocycles. The SMILES string of the molecule is CC1(S)CCCc2cc(F)ccc21. The fourth-order valence-corrected chi connectivity index (χ4v) is 2.43. The molecular weight excluding hydrogens is 183 g/mol. The van der Waals surface area contributed by atoms with Crippen LogP contribution in [0.1, 0.15) is 30.9 Å². The number of halogens is 1. The molecule has 1 aliphatic carbocycles. The molecule has 0 heterocycles. The lowest BCUT2D eigenvalue weighted by Gasteiger charge is -2.31. The monoisotopic (exact) mass is 196 g/mol. The predicted octanol–water partition coefficient (Wildman–Crippen LogP) is 3.31. The topological polar surface area (TPSA) is 0 Å². The molecule has 0 amide bonds. The Hall–Kier alpha value is -0.500. The lowest BCUT2D eigenvalue weighted by molar-refractivity contribution is 0.541. The van der Waals surface area contributed by atoms with Crippen molar-refractivity contribution in [1.29, 1.82) is 0 Å². The molecule has 0 N–H and O–H groups in total. The summed E-state index contributed by atoms with van der Waals surface area (Å²) in [6, 6.07) is 5.04. The van der Waals surface area contributed by atoms with Crippen molar-refractivity contribution in [1.82, 2.24) is 0 Å². The minimum Gasteiger partial charge on any atom is -0.207 e. The summed E-state index contributed by atoms with van der Waals surface area (Å²) in [7, 11) is 0. The number of hydrogen-bond donors (Lipinski definition) is 1. The Bertz CT molecular complexity index is 331. The third-order valence-electron chi connectivity index (χ3n) is 2.76. The van der Waals surface area contributed by atoms with Crippen molar-refractivity contribution in [2.45, 2.75) is 30.9 Å². The Balaban J connectivity index is 2.53. The molecule has 2 heteroatoms. The smallest absolute Gasteiger partial charge is 0.123 e. The molecule has 1 unspecified atom stereocenters. The van der Waals surface area contributed by atoms with Crippen LogP contribution in [-0.2, 0) is 11.2 Å². The Morgan fingerprint density at radius 2 is 2.23 bits per heavy atom. The maximum atomic E-state index is 12.9. The maximum absolute atomic E-state index is 12.9. The normalized spacial score (nSPS) is 27.0. The second kappa shape index (κ2) is 3.02. The zero-order chi connectivity index (χ0) is 9.47. The second-order valence-electron chi connectivity index (χ2n) is 3.93. The van der Waals surface area contributed by atoms with E-state index in [0.717, 1.165) is 24.8 Å². The molecular formula is C11H13FS. The van der Waals surface area contributed by atoms with E-state index in [2.05, 4.69) is 19.6 Å². The third-order valence-corrected chi connectivity index (χ3v) is 3.22. The highest BCUT2D eigenvalue weighted by Crippen LogP contribution is 2.39. The predicted molar refractivity (Wildman–Crippen MR) is 55.7 cm³/mol. The molecule has 70 valence electrons. The molecule has 0 fully saturated rings. The zero-order valence-corrected chi connectivity index (χ0v) is 8.57. The highest BCUT2D eigenvalue weighted by molar-refractivity contribution is 7.81. The van der Waals surface area contributed by atoms with E-state index in [4.69, 9.17) is 0 Å². The molecule has 0 radical (unpaired) electrons. The van der Waals surface area contributed by atoms with E-state index < -0.39 is 0 Å². The fraction of sp³-hybridized carbons (Fsp3) is 0.455. The van der Waals surface area contributed by atoms with Crippen LogP contribution in [0.15, 0.2) is 18.2 Å². The van der Waals surface area contributed by atoms with Crippen molar-refractivity contribution in [2.75, 3.05) is 0 Å². The third kappa shape index (κ3) is 1.60. The quantitative estimate of drug-likeness (QED) is 0.605. The van der Waals surface area contributed by atoms with Gasteiger partial charge in [-0.05, 0) is 49.4 Å². The average Bonchev–Trinajstić information content (AvgIpc) is 2.02. The Morgan fingerprint density at radius 1 is 1.46 bits per heavy atom. The van der Waals surface area contributed by atoms with Gasteiger partial charge in [-0.15, -0.1) is 0 Å². The van der Waals surface area contributed by atoms with Gasteiger partial charge in [0.05, 0.1) is 0 Å². The van der Waals surface area contributed by atoms with E-state index in [9.17, 15) is 4.39 Å². The van der Waals surface area contributed by atoms with E-state index in [0.29, 0.717) is 0 Å². The molecule has 0 aromatic heterocycles. The van der Waals surface area contributed by atoms with Crippen LogP contribution in [0.5, 0.6) is 0 Å². The molecule has 0 spiro atoms.